The van der Waals surface area contributed by atoms with Crippen molar-refractivity contribution in [1.29, 1.82) is 0 Å². The van der Waals surface area contributed by atoms with Crippen LogP contribution in [0.1, 0.15) is 54.3 Å². The van der Waals surface area contributed by atoms with E-state index in [1.807, 2.05) is 6.07 Å². The molecule has 3 aromatic rings. The maximum atomic E-state index is 13.1. The molecule has 0 bridgehead atoms. The zero-order valence-electron chi connectivity index (χ0n) is 18.5. The van der Waals surface area contributed by atoms with Crippen LogP contribution in [-0.4, -0.2) is 50.9 Å². The summed E-state index contributed by atoms with van der Waals surface area (Å²) in [5, 5.41) is 17.8. The highest BCUT2D eigenvalue weighted by molar-refractivity contribution is 7.71. The minimum atomic E-state index is -0.679. The lowest BCUT2D eigenvalue weighted by Crippen LogP contribution is -2.48. The Kier molecular flexibility index (Phi) is 7.19. The molecular formula is C22H29N7O3S. The van der Waals surface area contributed by atoms with E-state index in [4.69, 9.17) is 22.4 Å². The maximum absolute atomic E-state index is 13.1. The van der Waals surface area contributed by atoms with Crippen molar-refractivity contribution in [2.45, 2.75) is 44.1 Å². The number of benzene rings is 1. The van der Waals surface area contributed by atoms with Crippen molar-refractivity contribution in [1.82, 2.24) is 30.6 Å². The quantitative estimate of drug-likeness (QED) is 0.350. The first-order chi connectivity index (χ1) is 16.0. The first-order valence-corrected chi connectivity index (χ1v) is 11.6. The average molecular weight is 472 g/mol. The van der Waals surface area contributed by atoms with Crippen molar-refractivity contribution < 1.29 is 14.0 Å². The molecule has 10 nitrogen and oxygen atoms in total. The number of hydrogen-bond acceptors (Lipinski definition) is 7. The van der Waals surface area contributed by atoms with E-state index in [0.717, 1.165) is 30.2 Å². The van der Waals surface area contributed by atoms with Crippen LogP contribution < -0.4 is 16.4 Å². The molecule has 1 aliphatic rings. The summed E-state index contributed by atoms with van der Waals surface area (Å²) in [6.45, 7) is 0.915. The van der Waals surface area contributed by atoms with Crippen LogP contribution in [0.15, 0.2) is 28.8 Å². The molecule has 11 heteroatoms. The molecule has 1 aromatic carbocycles. The summed E-state index contributed by atoms with van der Waals surface area (Å²) in [6.07, 6.45) is 5.81. The SMILES string of the molecule is Cn1cc2c(C(=O)N[C@@H](CCCN)C(=O)NCC3CCC[C@H]3c3n[nH]c(=S)o3)cccc2n1. The summed E-state index contributed by atoms with van der Waals surface area (Å²) in [7, 11) is 1.81. The number of amides is 2. The van der Waals surface area contributed by atoms with Gasteiger partial charge in [0.2, 0.25) is 11.8 Å². The number of fused-ring (bicyclic) bond motifs is 1. The molecule has 0 saturated heterocycles. The second-order valence-electron chi connectivity index (χ2n) is 8.49. The van der Waals surface area contributed by atoms with E-state index < -0.39 is 6.04 Å². The largest absolute Gasteiger partial charge is 0.414 e. The third-order valence-electron chi connectivity index (χ3n) is 6.20. The molecule has 2 aromatic heterocycles. The number of aromatic nitrogens is 4. The first kappa shape index (κ1) is 23.1. The molecule has 3 atom stereocenters. The van der Waals surface area contributed by atoms with Crippen LogP contribution in [0.2, 0.25) is 0 Å². The zero-order valence-corrected chi connectivity index (χ0v) is 19.4. The Bertz CT molecular complexity index is 1180. The second kappa shape index (κ2) is 10.3. The van der Waals surface area contributed by atoms with Crippen molar-refractivity contribution in [2.24, 2.45) is 18.7 Å². The molecule has 1 unspecified atom stereocenters. The van der Waals surface area contributed by atoms with Gasteiger partial charge >= 0.3 is 0 Å². The molecule has 2 heterocycles. The smallest absolute Gasteiger partial charge is 0.284 e. The van der Waals surface area contributed by atoms with E-state index in [-0.39, 0.29) is 28.5 Å². The lowest BCUT2D eigenvalue weighted by Gasteiger charge is -2.21. The third kappa shape index (κ3) is 5.31. The van der Waals surface area contributed by atoms with Crippen molar-refractivity contribution in [3.05, 3.63) is 40.7 Å². The van der Waals surface area contributed by atoms with Crippen LogP contribution >= 0.6 is 12.2 Å². The van der Waals surface area contributed by atoms with Gasteiger partial charge in [0.25, 0.3) is 10.7 Å². The number of H-pyrrole nitrogens is 1. The van der Waals surface area contributed by atoms with Gasteiger partial charge < -0.3 is 20.8 Å². The third-order valence-corrected chi connectivity index (χ3v) is 6.37. The number of carbonyl (C=O) groups is 2. The Hall–Kier alpha value is -3.05. The minimum absolute atomic E-state index is 0.110. The van der Waals surface area contributed by atoms with Crippen LogP contribution in [0.5, 0.6) is 0 Å². The number of nitrogens with one attached hydrogen (secondary N) is 3. The summed E-state index contributed by atoms with van der Waals surface area (Å²) >= 11 is 4.99. The number of aryl methyl sites for hydroxylation is 1. The van der Waals surface area contributed by atoms with Gasteiger partial charge in [-0.05, 0) is 62.5 Å². The summed E-state index contributed by atoms with van der Waals surface area (Å²) in [5.74, 6) is 0.375. The van der Waals surface area contributed by atoms with Crippen molar-refractivity contribution in [3.8, 4) is 0 Å². The molecular weight excluding hydrogens is 442 g/mol. The van der Waals surface area contributed by atoms with Gasteiger partial charge in [-0.15, -0.1) is 5.10 Å². The van der Waals surface area contributed by atoms with Crippen LogP contribution in [-0.2, 0) is 11.8 Å². The van der Waals surface area contributed by atoms with Gasteiger partial charge in [-0.25, -0.2) is 5.10 Å². The Balaban J connectivity index is 1.42. The molecule has 0 aliphatic heterocycles. The van der Waals surface area contributed by atoms with Crippen LogP contribution in [0.25, 0.3) is 10.9 Å². The lowest BCUT2D eigenvalue weighted by atomic mass is 9.95. The van der Waals surface area contributed by atoms with E-state index in [9.17, 15) is 9.59 Å². The number of nitrogens with two attached hydrogens (primary N) is 1. The Morgan fingerprint density at radius 1 is 1.39 bits per heavy atom. The monoisotopic (exact) mass is 471 g/mol. The van der Waals surface area contributed by atoms with Gasteiger partial charge in [-0.1, -0.05) is 12.5 Å². The molecule has 33 heavy (non-hydrogen) atoms. The number of aromatic amines is 1. The molecule has 0 radical (unpaired) electrons. The molecule has 4 rings (SSSR count). The molecule has 5 N–H and O–H groups in total. The van der Waals surface area contributed by atoms with Gasteiger partial charge in [0.05, 0.1) is 11.1 Å². The lowest BCUT2D eigenvalue weighted by molar-refractivity contribution is -0.123. The van der Waals surface area contributed by atoms with E-state index >= 15 is 0 Å². The predicted molar refractivity (Wildman–Crippen MR) is 125 cm³/mol. The highest BCUT2D eigenvalue weighted by Gasteiger charge is 2.33. The van der Waals surface area contributed by atoms with Gasteiger partial charge in [0.15, 0.2) is 0 Å². The van der Waals surface area contributed by atoms with Crippen LogP contribution in [0.3, 0.4) is 0 Å². The van der Waals surface area contributed by atoms with Gasteiger partial charge in [-0.2, -0.15) is 5.10 Å². The second-order valence-corrected chi connectivity index (χ2v) is 8.86. The first-order valence-electron chi connectivity index (χ1n) is 11.2. The summed E-state index contributed by atoms with van der Waals surface area (Å²) in [5.41, 5.74) is 6.89. The fraction of sp³-hybridized carbons (Fsp3) is 0.500. The number of rotatable bonds is 9. The number of carbonyl (C=O) groups excluding carboxylic acids is 2. The number of hydrogen-bond donors (Lipinski definition) is 4. The summed E-state index contributed by atoms with van der Waals surface area (Å²) in [6, 6.07) is 4.69. The van der Waals surface area contributed by atoms with Crippen molar-refractivity contribution in [3.63, 3.8) is 0 Å². The average Bonchev–Trinajstić information content (AvgIpc) is 3.52. The molecule has 0 spiro atoms. The van der Waals surface area contributed by atoms with E-state index in [1.54, 1.807) is 30.1 Å². The minimum Gasteiger partial charge on any atom is -0.414 e. The molecule has 1 fully saturated rings. The molecule has 2 amide bonds. The molecule has 1 aliphatic carbocycles. The van der Waals surface area contributed by atoms with Gasteiger partial charge in [-0.3, -0.25) is 14.3 Å². The fourth-order valence-electron chi connectivity index (χ4n) is 4.55. The van der Waals surface area contributed by atoms with Crippen molar-refractivity contribution in [2.75, 3.05) is 13.1 Å². The highest BCUT2D eigenvalue weighted by atomic mass is 32.1. The fourth-order valence-corrected chi connectivity index (χ4v) is 4.68. The van der Waals surface area contributed by atoms with E-state index in [0.29, 0.717) is 37.4 Å². The Morgan fingerprint density at radius 3 is 3.00 bits per heavy atom. The Morgan fingerprint density at radius 2 is 2.24 bits per heavy atom. The van der Waals surface area contributed by atoms with E-state index in [1.165, 1.54) is 0 Å². The van der Waals surface area contributed by atoms with Gasteiger partial charge in [0, 0.05) is 31.1 Å². The summed E-state index contributed by atoms with van der Waals surface area (Å²) < 4.78 is 7.17. The zero-order chi connectivity index (χ0) is 23.4. The standard InChI is InChI=1S/C22H29N7O3S/c1-29-12-16-15(7-3-8-17(16)28-29)19(30)25-18(9-4-10-23)20(31)24-11-13-5-2-6-14(13)21-26-27-22(33)32-21/h3,7-8,12-14,18H,2,4-6,9-11,23H2,1H3,(H,24,31)(H,25,30)(H,27,33)/t13?,14-,18+/m1/s1. The van der Waals surface area contributed by atoms with E-state index in [2.05, 4.69) is 25.9 Å². The predicted octanol–water partition coefficient (Wildman–Crippen LogP) is 2.16. The van der Waals surface area contributed by atoms with Crippen LogP contribution in [0, 0.1) is 10.8 Å². The maximum Gasteiger partial charge on any atom is 0.284 e. The normalized spacial score (nSPS) is 19.0. The molecule has 176 valence electrons. The molecule has 1 saturated carbocycles. The summed E-state index contributed by atoms with van der Waals surface area (Å²) in [4.78, 5) is 26.4. The Labute approximate surface area is 196 Å². The highest BCUT2D eigenvalue weighted by Crippen LogP contribution is 2.38. The topological polar surface area (TPSA) is 144 Å². The number of nitrogens with zero attached hydrogens (tertiary/aromatic N) is 3. The van der Waals surface area contributed by atoms with Crippen molar-refractivity contribution >= 4 is 34.9 Å². The van der Waals surface area contributed by atoms with Gasteiger partial charge in [0.1, 0.15) is 6.04 Å². The van der Waals surface area contributed by atoms with Crippen LogP contribution in [0.4, 0.5) is 0 Å².